The number of carbonyl (C=O) groups excluding carboxylic acids is 1. The van der Waals surface area contributed by atoms with Crippen molar-refractivity contribution >= 4 is 21.6 Å². The molecular formula is C20H24F3N3O3S. The first kappa shape index (κ1) is 22.4. The smallest absolute Gasteiger partial charge is 0.345 e. The van der Waals surface area contributed by atoms with Gasteiger partial charge in [0.25, 0.3) is 5.91 Å². The average molecular weight is 443 g/mol. The quantitative estimate of drug-likeness (QED) is 0.709. The highest BCUT2D eigenvalue weighted by molar-refractivity contribution is 7.89. The van der Waals surface area contributed by atoms with Gasteiger partial charge in [0, 0.05) is 38.6 Å². The standard InChI is InChI=1S/C20H24F3N3O3S/c1-4-25(5-2)30(28,29)16-12-18(24(3)13-16)19(27)26-10-6-7-14-11-15(20(21,22)23)8-9-17(14)26/h8-9,11-13H,4-7,10H2,1-3H3. The fraction of sp³-hybridized carbons (Fsp3) is 0.450. The summed E-state index contributed by atoms with van der Waals surface area (Å²) in [5.41, 5.74) is 0.290. The van der Waals surface area contributed by atoms with Gasteiger partial charge < -0.3 is 9.47 Å². The number of alkyl halides is 3. The second-order valence-electron chi connectivity index (χ2n) is 7.16. The highest BCUT2D eigenvalue weighted by Crippen LogP contribution is 2.35. The topological polar surface area (TPSA) is 62.6 Å². The first-order chi connectivity index (χ1) is 14.0. The SMILES string of the molecule is CCN(CC)S(=O)(=O)c1cc(C(=O)N2CCCc3cc(C(F)(F)F)ccc32)n(C)c1. The number of aromatic nitrogens is 1. The molecule has 30 heavy (non-hydrogen) atoms. The van der Waals surface area contributed by atoms with Crippen molar-refractivity contribution in [2.24, 2.45) is 7.05 Å². The summed E-state index contributed by atoms with van der Waals surface area (Å²) >= 11 is 0. The van der Waals surface area contributed by atoms with Crippen molar-refractivity contribution in [1.29, 1.82) is 0 Å². The Balaban J connectivity index is 1.97. The highest BCUT2D eigenvalue weighted by atomic mass is 32.2. The van der Waals surface area contributed by atoms with Gasteiger partial charge in [-0.2, -0.15) is 17.5 Å². The zero-order valence-corrected chi connectivity index (χ0v) is 17.8. The molecule has 6 nitrogen and oxygen atoms in total. The van der Waals surface area contributed by atoms with Crippen LogP contribution in [0.3, 0.4) is 0 Å². The van der Waals surface area contributed by atoms with Crippen molar-refractivity contribution in [2.45, 2.75) is 37.8 Å². The minimum absolute atomic E-state index is 0.0155. The largest absolute Gasteiger partial charge is 0.416 e. The normalized spacial score (nSPS) is 14.8. The van der Waals surface area contributed by atoms with Gasteiger partial charge in [-0.05, 0) is 42.7 Å². The van der Waals surface area contributed by atoms with E-state index in [-0.39, 0.29) is 10.6 Å². The molecule has 0 saturated carbocycles. The summed E-state index contributed by atoms with van der Waals surface area (Å²) in [4.78, 5) is 14.6. The van der Waals surface area contributed by atoms with Crippen LogP contribution in [0.25, 0.3) is 0 Å². The molecule has 0 radical (unpaired) electrons. The molecule has 0 aliphatic carbocycles. The van der Waals surface area contributed by atoms with E-state index in [2.05, 4.69) is 0 Å². The van der Waals surface area contributed by atoms with Gasteiger partial charge in [0.1, 0.15) is 10.6 Å². The molecule has 0 atom stereocenters. The van der Waals surface area contributed by atoms with Crippen LogP contribution in [0.4, 0.5) is 18.9 Å². The molecular weight excluding hydrogens is 419 g/mol. The van der Waals surface area contributed by atoms with Crippen molar-refractivity contribution in [3.8, 4) is 0 Å². The van der Waals surface area contributed by atoms with E-state index in [9.17, 15) is 26.4 Å². The number of rotatable bonds is 5. The number of hydrogen-bond donors (Lipinski definition) is 0. The monoisotopic (exact) mass is 443 g/mol. The fourth-order valence-corrected chi connectivity index (χ4v) is 5.25. The molecule has 0 spiro atoms. The zero-order valence-electron chi connectivity index (χ0n) is 17.0. The van der Waals surface area contributed by atoms with Gasteiger partial charge in [-0.15, -0.1) is 0 Å². The molecule has 0 unspecified atom stereocenters. The lowest BCUT2D eigenvalue weighted by Crippen LogP contribution is -2.36. The Labute approximate surface area is 173 Å². The van der Waals surface area contributed by atoms with Gasteiger partial charge in [-0.25, -0.2) is 8.42 Å². The first-order valence-electron chi connectivity index (χ1n) is 9.69. The molecule has 0 bridgehead atoms. The number of sulfonamides is 1. The van der Waals surface area contributed by atoms with Crippen molar-refractivity contribution in [3.05, 3.63) is 47.3 Å². The number of hydrogen-bond acceptors (Lipinski definition) is 3. The molecule has 10 heteroatoms. The Morgan fingerprint density at radius 3 is 2.43 bits per heavy atom. The van der Waals surface area contributed by atoms with Crippen molar-refractivity contribution in [3.63, 3.8) is 0 Å². The number of halogens is 3. The molecule has 0 N–H and O–H groups in total. The van der Waals surface area contributed by atoms with Gasteiger partial charge in [-0.1, -0.05) is 13.8 Å². The van der Waals surface area contributed by atoms with E-state index in [4.69, 9.17) is 0 Å². The predicted octanol–water partition coefficient (Wildman–Crippen LogP) is 3.67. The fourth-order valence-electron chi connectivity index (χ4n) is 3.72. The third-order valence-corrected chi connectivity index (χ3v) is 7.33. The van der Waals surface area contributed by atoms with Crippen LogP contribution in [-0.4, -0.2) is 42.8 Å². The minimum Gasteiger partial charge on any atom is -0.345 e. The van der Waals surface area contributed by atoms with E-state index in [0.717, 1.165) is 12.1 Å². The molecule has 3 rings (SSSR count). The third-order valence-electron chi connectivity index (χ3n) is 5.31. The van der Waals surface area contributed by atoms with Crippen LogP contribution in [0.2, 0.25) is 0 Å². The lowest BCUT2D eigenvalue weighted by Gasteiger charge is -2.30. The Bertz CT molecular complexity index is 1060. The van der Waals surface area contributed by atoms with Crippen LogP contribution in [0.15, 0.2) is 35.4 Å². The Kier molecular flexibility index (Phi) is 6.01. The Morgan fingerprint density at radius 1 is 1.17 bits per heavy atom. The summed E-state index contributed by atoms with van der Waals surface area (Å²) in [5, 5.41) is 0. The average Bonchev–Trinajstić information content (AvgIpc) is 3.09. The number of fused-ring (bicyclic) bond motifs is 1. The summed E-state index contributed by atoms with van der Waals surface area (Å²) in [6, 6.07) is 4.68. The van der Waals surface area contributed by atoms with Gasteiger partial charge in [0.15, 0.2) is 0 Å². The summed E-state index contributed by atoms with van der Waals surface area (Å²) in [5.74, 6) is -0.445. The number of amides is 1. The molecule has 2 aromatic rings. The third kappa shape index (κ3) is 3.98. The maximum absolute atomic E-state index is 13.2. The van der Waals surface area contributed by atoms with Crippen LogP contribution in [0, 0.1) is 0 Å². The number of benzene rings is 1. The van der Waals surface area contributed by atoms with Crippen molar-refractivity contribution < 1.29 is 26.4 Å². The molecule has 164 valence electrons. The number of carbonyl (C=O) groups is 1. The number of nitrogens with zero attached hydrogens (tertiary/aromatic N) is 3. The lowest BCUT2D eigenvalue weighted by molar-refractivity contribution is -0.137. The van der Waals surface area contributed by atoms with Gasteiger partial charge in [-0.3, -0.25) is 4.79 Å². The number of anilines is 1. The highest BCUT2D eigenvalue weighted by Gasteiger charge is 2.33. The molecule has 1 aromatic heterocycles. The first-order valence-corrected chi connectivity index (χ1v) is 11.1. The van der Waals surface area contributed by atoms with E-state index in [1.54, 1.807) is 20.9 Å². The summed E-state index contributed by atoms with van der Waals surface area (Å²) in [7, 11) is -2.16. The van der Waals surface area contributed by atoms with E-state index in [1.165, 1.54) is 32.1 Å². The minimum atomic E-state index is -4.45. The second-order valence-corrected chi connectivity index (χ2v) is 9.10. The maximum atomic E-state index is 13.2. The van der Waals surface area contributed by atoms with Crippen LogP contribution >= 0.6 is 0 Å². The molecule has 1 aliphatic heterocycles. The zero-order chi connectivity index (χ0) is 22.3. The maximum Gasteiger partial charge on any atom is 0.416 e. The molecule has 0 fully saturated rings. The molecule has 1 amide bonds. The van der Waals surface area contributed by atoms with E-state index in [1.807, 2.05) is 0 Å². The van der Waals surface area contributed by atoms with Crippen molar-refractivity contribution in [1.82, 2.24) is 8.87 Å². The van der Waals surface area contributed by atoms with Crippen LogP contribution in [0.5, 0.6) is 0 Å². The van der Waals surface area contributed by atoms with E-state index < -0.39 is 27.7 Å². The number of aryl methyl sites for hydroxylation is 2. The molecule has 0 saturated heterocycles. The van der Waals surface area contributed by atoms with Crippen LogP contribution < -0.4 is 4.90 Å². The molecule has 1 aromatic carbocycles. The Morgan fingerprint density at radius 2 is 1.83 bits per heavy atom. The molecule has 1 aliphatic rings. The van der Waals surface area contributed by atoms with Gasteiger partial charge in [0.05, 0.1) is 5.56 Å². The predicted molar refractivity (Wildman–Crippen MR) is 107 cm³/mol. The van der Waals surface area contributed by atoms with E-state index in [0.29, 0.717) is 43.7 Å². The molecule has 2 heterocycles. The van der Waals surface area contributed by atoms with E-state index >= 15 is 0 Å². The van der Waals surface area contributed by atoms with Crippen LogP contribution in [0.1, 0.15) is 41.9 Å². The van der Waals surface area contributed by atoms with Crippen molar-refractivity contribution in [2.75, 3.05) is 24.5 Å². The second kappa shape index (κ2) is 8.07. The van der Waals surface area contributed by atoms with Gasteiger partial charge >= 0.3 is 6.18 Å². The summed E-state index contributed by atoms with van der Waals surface area (Å²) in [6.07, 6.45) is -2.10. The van der Waals surface area contributed by atoms with Gasteiger partial charge in [0.2, 0.25) is 10.0 Å². The summed E-state index contributed by atoms with van der Waals surface area (Å²) < 4.78 is 67.4. The Hall–Kier alpha value is -2.33. The van der Waals surface area contributed by atoms with Crippen LogP contribution in [-0.2, 0) is 29.7 Å². The lowest BCUT2D eigenvalue weighted by atomic mass is 9.98. The summed E-state index contributed by atoms with van der Waals surface area (Å²) in [6.45, 7) is 4.42.